The highest BCUT2D eigenvalue weighted by Gasteiger charge is 2.34. The fraction of sp³-hybridized carbons (Fsp3) is 0.190. The number of amides is 2. The molecule has 0 unspecified atom stereocenters. The largest absolute Gasteiger partial charge is 0.378 e. The maximum Gasteiger partial charge on any atom is 0.270 e. The normalized spacial score (nSPS) is 18.9. The van der Waals surface area contributed by atoms with Gasteiger partial charge in [-0.1, -0.05) is 29.8 Å². The predicted molar refractivity (Wildman–Crippen MR) is 117 cm³/mol. The van der Waals surface area contributed by atoms with Crippen LogP contribution in [0, 0.1) is 0 Å². The lowest BCUT2D eigenvalue weighted by atomic mass is 10.1. The topological polar surface area (TPSA) is 61.9 Å². The van der Waals surface area contributed by atoms with Crippen molar-refractivity contribution in [1.29, 1.82) is 0 Å². The van der Waals surface area contributed by atoms with Gasteiger partial charge in [0.25, 0.3) is 11.8 Å². The lowest BCUT2D eigenvalue weighted by Crippen LogP contribution is -2.54. The maximum absolute atomic E-state index is 13.0. The molecule has 148 valence electrons. The molecule has 0 bridgehead atoms. The first kappa shape index (κ1) is 19.6. The van der Waals surface area contributed by atoms with E-state index in [9.17, 15) is 9.59 Å². The van der Waals surface area contributed by atoms with Crippen LogP contribution in [0.4, 0.5) is 11.4 Å². The molecule has 0 aliphatic carbocycles. The molecule has 29 heavy (non-hydrogen) atoms. The van der Waals surface area contributed by atoms with Crippen molar-refractivity contribution in [3.8, 4) is 0 Å². The SMILES string of the molecule is O=C1NC(=S)N(c2cccc(Cl)c2)C(=O)/C1=C/c1ccc(N2CCOCC2)cc1. The molecule has 2 aliphatic heterocycles. The molecule has 2 aliphatic rings. The molecule has 2 heterocycles. The zero-order chi connectivity index (χ0) is 20.4. The van der Waals surface area contributed by atoms with E-state index in [1.807, 2.05) is 24.3 Å². The van der Waals surface area contributed by atoms with Crippen LogP contribution >= 0.6 is 23.8 Å². The van der Waals surface area contributed by atoms with Gasteiger partial charge in [-0.25, -0.2) is 0 Å². The van der Waals surface area contributed by atoms with Gasteiger partial charge in [0.15, 0.2) is 5.11 Å². The van der Waals surface area contributed by atoms with Crippen LogP contribution in [0.5, 0.6) is 0 Å². The standard InChI is InChI=1S/C21H18ClN3O3S/c22-15-2-1-3-17(13-15)25-20(27)18(19(26)23-21(25)29)12-14-4-6-16(7-5-14)24-8-10-28-11-9-24/h1-7,12-13H,8-11H2,(H,23,26,29)/b18-12+. The Morgan fingerprint density at radius 1 is 1.03 bits per heavy atom. The van der Waals surface area contributed by atoms with E-state index < -0.39 is 11.8 Å². The fourth-order valence-corrected chi connectivity index (χ4v) is 3.74. The first-order valence-corrected chi connectivity index (χ1v) is 9.91. The molecule has 2 aromatic carbocycles. The Balaban J connectivity index is 1.60. The second kappa shape index (κ2) is 8.32. The number of benzene rings is 2. The van der Waals surface area contributed by atoms with Crippen LogP contribution in [0.2, 0.25) is 5.02 Å². The fourth-order valence-electron chi connectivity index (χ4n) is 3.28. The maximum atomic E-state index is 13.0. The van der Waals surface area contributed by atoms with Crippen molar-refractivity contribution in [1.82, 2.24) is 5.32 Å². The van der Waals surface area contributed by atoms with Crippen molar-refractivity contribution in [2.24, 2.45) is 0 Å². The molecule has 0 atom stereocenters. The number of morpholine rings is 1. The number of carbonyl (C=O) groups excluding carboxylic acids is 2. The Morgan fingerprint density at radius 3 is 2.45 bits per heavy atom. The summed E-state index contributed by atoms with van der Waals surface area (Å²) in [6.45, 7) is 3.10. The van der Waals surface area contributed by atoms with Crippen LogP contribution in [0.3, 0.4) is 0 Å². The minimum Gasteiger partial charge on any atom is -0.378 e. The molecule has 0 spiro atoms. The van der Waals surface area contributed by atoms with Gasteiger partial charge in [-0.05, 0) is 54.2 Å². The molecule has 0 saturated carbocycles. The molecule has 0 aromatic heterocycles. The van der Waals surface area contributed by atoms with Crippen LogP contribution in [0.15, 0.2) is 54.1 Å². The van der Waals surface area contributed by atoms with Gasteiger partial charge in [-0.15, -0.1) is 0 Å². The van der Waals surface area contributed by atoms with Crippen LogP contribution < -0.4 is 15.1 Å². The number of nitrogens with one attached hydrogen (secondary N) is 1. The average Bonchev–Trinajstić information content (AvgIpc) is 2.72. The molecule has 2 saturated heterocycles. The summed E-state index contributed by atoms with van der Waals surface area (Å²) in [6.07, 6.45) is 1.57. The van der Waals surface area contributed by atoms with E-state index >= 15 is 0 Å². The summed E-state index contributed by atoms with van der Waals surface area (Å²) in [7, 11) is 0. The smallest absolute Gasteiger partial charge is 0.270 e. The Morgan fingerprint density at radius 2 is 1.76 bits per heavy atom. The van der Waals surface area contributed by atoms with Gasteiger partial charge in [0, 0.05) is 23.8 Å². The van der Waals surface area contributed by atoms with Crippen LogP contribution in [-0.2, 0) is 14.3 Å². The molecular weight excluding hydrogens is 410 g/mol. The van der Waals surface area contributed by atoms with E-state index in [4.69, 9.17) is 28.6 Å². The number of thiocarbonyl (C=S) groups is 1. The Hall–Kier alpha value is -2.74. The number of anilines is 2. The van der Waals surface area contributed by atoms with E-state index in [1.165, 1.54) is 4.90 Å². The number of hydrogen-bond acceptors (Lipinski definition) is 5. The monoisotopic (exact) mass is 427 g/mol. The van der Waals surface area contributed by atoms with Gasteiger partial charge < -0.3 is 9.64 Å². The first-order valence-electron chi connectivity index (χ1n) is 9.13. The Bertz CT molecular complexity index is 1000. The van der Waals surface area contributed by atoms with Crippen LogP contribution in [0.25, 0.3) is 6.08 Å². The number of ether oxygens (including phenoxy) is 1. The van der Waals surface area contributed by atoms with Gasteiger partial charge >= 0.3 is 0 Å². The van der Waals surface area contributed by atoms with Crippen LogP contribution in [0.1, 0.15) is 5.56 Å². The van der Waals surface area contributed by atoms with Crippen molar-refractivity contribution in [2.45, 2.75) is 0 Å². The Labute approximate surface area is 178 Å². The average molecular weight is 428 g/mol. The summed E-state index contributed by atoms with van der Waals surface area (Å²) < 4.78 is 5.38. The van der Waals surface area contributed by atoms with Crippen molar-refractivity contribution in [3.05, 3.63) is 64.7 Å². The summed E-state index contributed by atoms with van der Waals surface area (Å²) in [5.74, 6) is -1.01. The van der Waals surface area contributed by atoms with Gasteiger partial charge in [0.05, 0.1) is 18.9 Å². The molecule has 0 radical (unpaired) electrons. The summed E-state index contributed by atoms with van der Waals surface area (Å²) in [6, 6.07) is 14.5. The summed E-state index contributed by atoms with van der Waals surface area (Å²) in [4.78, 5) is 28.9. The summed E-state index contributed by atoms with van der Waals surface area (Å²) in [5.41, 5.74) is 2.34. The zero-order valence-corrected chi connectivity index (χ0v) is 17.0. The number of carbonyl (C=O) groups is 2. The van der Waals surface area contributed by atoms with E-state index in [0.717, 1.165) is 24.3 Å². The minimum atomic E-state index is -0.518. The summed E-state index contributed by atoms with van der Waals surface area (Å²) in [5, 5.41) is 3.08. The molecular formula is C21H18ClN3O3S. The van der Waals surface area contributed by atoms with E-state index in [0.29, 0.717) is 23.9 Å². The van der Waals surface area contributed by atoms with Crippen molar-refractivity contribution in [2.75, 3.05) is 36.1 Å². The third-order valence-electron chi connectivity index (χ3n) is 4.75. The minimum absolute atomic E-state index is 0.0118. The lowest BCUT2D eigenvalue weighted by Gasteiger charge is -2.29. The second-order valence-electron chi connectivity index (χ2n) is 6.63. The van der Waals surface area contributed by atoms with E-state index in [1.54, 1.807) is 30.3 Å². The molecule has 8 heteroatoms. The molecule has 2 fully saturated rings. The number of halogens is 1. The van der Waals surface area contributed by atoms with Crippen LogP contribution in [-0.4, -0.2) is 43.2 Å². The highest BCUT2D eigenvalue weighted by atomic mass is 35.5. The number of rotatable bonds is 3. The molecule has 4 rings (SSSR count). The first-order chi connectivity index (χ1) is 14.0. The highest BCUT2D eigenvalue weighted by molar-refractivity contribution is 7.80. The van der Waals surface area contributed by atoms with E-state index in [2.05, 4.69) is 10.2 Å². The second-order valence-corrected chi connectivity index (χ2v) is 7.45. The third kappa shape index (κ3) is 4.17. The predicted octanol–water partition coefficient (Wildman–Crippen LogP) is 3.01. The lowest BCUT2D eigenvalue weighted by molar-refractivity contribution is -0.122. The molecule has 2 amide bonds. The van der Waals surface area contributed by atoms with Crippen molar-refractivity contribution >= 4 is 58.2 Å². The number of hydrogen-bond donors (Lipinski definition) is 1. The molecule has 2 aromatic rings. The third-order valence-corrected chi connectivity index (χ3v) is 5.27. The Kier molecular flexibility index (Phi) is 5.62. The summed E-state index contributed by atoms with van der Waals surface area (Å²) >= 11 is 11.2. The van der Waals surface area contributed by atoms with Gasteiger partial charge in [-0.2, -0.15) is 0 Å². The van der Waals surface area contributed by atoms with Crippen molar-refractivity contribution < 1.29 is 14.3 Å². The molecule has 6 nitrogen and oxygen atoms in total. The van der Waals surface area contributed by atoms with E-state index in [-0.39, 0.29) is 10.7 Å². The zero-order valence-electron chi connectivity index (χ0n) is 15.4. The van der Waals surface area contributed by atoms with Gasteiger partial charge in [0.2, 0.25) is 0 Å². The van der Waals surface area contributed by atoms with Crippen molar-refractivity contribution in [3.63, 3.8) is 0 Å². The number of nitrogens with zero attached hydrogens (tertiary/aromatic N) is 2. The highest BCUT2D eigenvalue weighted by Crippen LogP contribution is 2.25. The van der Waals surface area contributed by atoms with Gasteiger partial charge in [-0.3, -0.25) is 19.8 Å². The molecule has 1 N–H and O–H groups in total. The quantitative estimate of drug-likeness (QED) is 0.463. The van der Waals surface area contributed by atoms with Gasteiger partial charge in [0.1, 0.15) is 5.57 Å².